The van der Waals surface area contributed by atoms with Gasteiger partial charge >= 0.3 is 0 Å². The molecular formula is C9H22N2O3. The van der Waals surface area contributed by atoms with Gasteiger partial charge in [0.1, 0.15) is 12.6 Å². The monoisotopic (exact) mass is 206 g/mol. The van der Waals surface area contributed by atoms with E-state index in [-0.39, 0.29) is 6.42 Å². The van der Waals surface area contributed by atoms with Gasteiger partial charge in [-0.05, 0) is 14.1 Å². The van der Waals surface area contributed by atoms with Crippen LogP contribution < -0.4 is 10.4 Å². The summed E-state index contributed by atoms with van der Waals surface area (Å²) in [5, 5.41) is 21.9. The normalized spacial score (nSPS) is 12.7. The first-order valence-electron chi connectivity index (χ1n) is 4.49. The molecule has 14 heavy (non-hydrogen) atoms. The molecule has 0 heterocycles. The summed E-state index contributed by atoms with van der Waals surface area (Å²) < 4.78 is 0.550. The van der Waals surface area contributed by atoms with Crippen LogP contribution in [0, 0.1) is 0 Å². The van der Waals surface area contributed by atoms with Crippen LogP contribution in [0.2, 0.25) is 0 Å². The Balaban J connectivity index is 0. The number of carbonyl (C=O) groups excluding carboxylic acids is 1. The molecule has 0 bridgehead atoms. The zero-order valence-electron chi connectivity index (χ0n) is 9.70. The van der Waals surface area contributed by atoms with Crippen LogP contribution in [0.15, 0.2) is 0 Å². The van der Waals surface area contributed by atoms with Crippen molar-refractivity contribution >= 4 is 5.97 Å². The van der Waals surface area contributed by atoms with Gasteiger partial charge in [0.2, 0.25) is 0 Å². The van der Waals surface area contributed by atoms with Gasteiger partial charge in [0.25, 0.3) is 0 Å². The van der Waals surface area contributed by atoms with Gasteiger partial charge in [-0.15, -0.1) is 0 Å². The van der Waals surface area contributed by atoms with Gasteiger partial charge in [-0.25, -0.2) is 0 Å². The number of carbonyl (C=O) groups is 1. The van der Waals surface area contributed by atoms with Crippen molar-refractivity contribution in [2.45, 2.75) is 12.5 Å². The maximum absolute atomic E-state index is 10.0. The second kappa shape index (κ2) is 7.73. The third-order valence-electron chi connectivity index (χ3n) is 1.16. The predicted molar refractivity (Wildman–Crippen MR) is 53.5 cm³/mol. The molecule has 0 spiro atoms. The minimum atomic E-state index is -1.20. The Labute approximate surface area is 85.9 Å². The molecule has 0 fully saturated rings. The number of aliphatic carboxylic acids is 1. The number of aliphatic hydroxyl groups is 1. The number of hydrogen-bond acceptors (Lipinski definition) is 4. The lowest BCUT2D eigenvalue weighted by molar-refractivity contribution is -0.873. The second-order valence-corrected chi connectivity index (χ2v) is 4.20. The molecule has 1 atom stereocenters. The topological polar surface area (TPSA) is 72.4 Å². The van der Waals surface area contributed by atoms with Gasteiger partial charge in [-0.3, -0.25) is 0 Å². The number of carboxylic acids is 1. The zero-order valence-corrected chi connectivity index (χ0v) is 9.70. The number of nitrogens with zero attached hydrogens (tertiary/aromatic N) is 1. The molecule has 5 heteroatoms. The van der Waals surface area contributed by atoms with Crippen molar-refractivity contribution < 1.29 is 19.5 Å². The van der Waals surface area contributed by atoms with Gasteiger partial charge in [0, 0.05) is 12.4 Å². The Morgan fingerprint density at radius 3 is 2.00 bits per heavy atom. The van der Waals surface area contributed by atoms with Crippen molar-refractivity contribution in [3.8, 4) is 0 Å². The molecule has 86 valence electrons. The second-order valence-electron chi connectivity index (χ2n) is 4.20. The van der Waals surface area contributed by atoms with Crippen LogP contribution in [0.4, 0.5) is 0 Å². The van der Waals surface area contributed by atoms with E-state index in [1.165, 1.54) is 0 Å². The molecule has 0 aromatic carbocycles. The standard InChI is InChI=1S/C7H15NO3.C2H7N/c1-8(2,3)5-6(9)4-7(10)11;1-3-2/h6,9H,4-5H2,1-3H3;3H,1-2H3/t6-;/m1./s1. The number of quaternary nitrogens is 1. The summed E-state index contributed by atoms with van der Waals surface area (Å²) in [5.74, 6) is -1.20. The van der Waals surface area contributed by atoms with Crippen LogP contribution in [-0.2, 0) is 4.79 Å². The molecule has 0 amide bonds. The highest BCUT2D eigenvalue weighted by molar-refractivity contribution is 5.64. The molecule has 0 radical (unpaired) electrons. The van der Waals surface area contributed by atoms with Crippen molar-refractivity contribution in [1.29, 1.82) is 0 Å². The van der Waals surface area contributed by atoms with Gasteiger partial charge in [-0.1, -0.05) is 0 Å². The third kappa shape index (κ3) is 17.4. The van der Waals surface area contributed by atoms with E-state index in [2.05, 4.69) is 5.32 Å². The molecule has 0 aliphatic heterocycles. The number of nitrogens with one attached hydrogen (secondary N) is 1. The minimum Gasteiger partial charge on any atom is -0.550 e. The quantitative estimate of drug-likeness (QED) is 0.523. The van der Waals surface area contributed by atoms with Crippen LogP contribution in [0.1, 0.15) is 6.42 Å². The van der Waals surface area contributed by atoms with E-state index in [0.717, 1.165) is 0 Å². The van der Waals surface area contributed by atoms with Crippen molar-refractivity contribution in [3.05, 3.63) is 0 Å². The fourth-order valence-corrected chi connectivity index (χ4v) is 0.889. The SMILES string of the molecule is CNC.C[N+](C)(C)C[C@H](O)CC(=O)[O-]. The first kappa shape index (κ1) is 15.8. The van der Waals surface area contributed by atoms with Crippen molar-refractivity contribution in [2.75, 3.05) is 41.8 Å². The van der Waals surface area contributed by atoms with Crippen molar-refractivity contribution in [1.82, 2.24) is 5.32 Å². The highest BCUT2D eigenvalue weighted by atomic mass is 16.4. The lowest BCUT2D eigenvalue weighted by Gasteiger charge is -2.26. The molecule has 0 aliphatic carbocycles. The Kier molecular flexibility index (Phi) is 8.72. The van der Waals surface area contributed by atoms with Crippen LogP contribution >= 0.6 is 0 Å². The Morgan fingerprint density at radius 1 is 1.43 bits per heavy atom. The summed E-state index contributed by atoms with van der Waals surface area (Å²) in [7, 11) is 9.41. The first-order valence-corrected chi connectivity index (χ1v) is 4.49. The molecule has 0 saturated heterocycles. The first-order chi connectivity index (χ1) is 6.22. The smallest absolute Gasteiger partial charge is 0.108 e. The van der Waals surface area contributed by atoms with Crippen molar-refractivity contribution in [2.24, 2.45) is 0 Å². The van der Waals surface area contributed by atoms with Gasteiger partial charge in [0.15, 0.2) is 0 Å². The van der Waals surface area contributed by atoms with Gasteiger partial charge in [0.05, 0.1) is 21.1 Å². The largest absolute Gasteiger partial charge is 0.550 e. The Hall–Kier alpha value is -0.650. The van der Waals surface area contributed by atoms with E-state index >= 15 is 0 Å². The fourth-order valence-electron chi connectivity index (χ4n) is 0.889. The molecule has 0 aromatic rings. The minimum absolute atomic E-state index is 0.282. The maximum atomic E-state index is 10.0. The van der Waals surface area contributed by atoms with Crippen LogP contribution in [0.5, 0.6) is 0 Å². The number of likely N-dealkylation sites (N-methyl/N-ethyl adjacent to an activating group) is 1. The molecule has 0 unspecified atom stereocenters. The van der Waals surface area contributed by atoms with E-state index < -0.39 is 12.1 Å². The highest BCUT2D eigenvalue weighted by Crippen LogP contribution is 1.97. The number of carboxylic acid groups (broad SMARTS) is 1. The van der Waals surface area contributed by atoms with E-state index in [4.69, 9.17) is 5.11 Å². The highest BCUT2D eigenvalue weighted by Gasteiger charge is 2.14. The number of aliphatic hydroxyl groups excluding tert-OH is 1. The summed E-state index contributed by atoms with van der Waals surface area (Å²) in [5.41, 5.74) is 0. The van der Waals surface area contributed by atoms with Crippen molar-refractivity contribution in [3.63, 3.8) is 0 Å². The maximum Gasteiger partial charge on any atom is 0.108 e. The summed E-state index contributed by atoms with van der Waals surface area (Å²) in [6.45, 7) is 0.425. The summed E-state index contributed by atoms with van der Waals surface area (Å²) >= 11 is 0. The molecular weight excluding hydrogens is 184 g/mol. The molecule has 5 nitrogen and oxygen atoms in total. The Bertz CT molecular complexity index is 155. The third-order valence-corrected chi connectivity index (χ3v) is 1.16. The summed E-state index contributed by atoms with van der Waals surface area (Å²) in [6.07, 6.45) is -1.09. The average molecular weight is 206 g/mol. The number of rotatable bonds is 4. The average Bonchev–Trinajstić information content (AvgIpc) is 1.80. The van der Waals surface area contributed by atoms with E-state index in [9.17, 15) is 9.90 Å². The van der Waals surface area contributed by atoms with E-state index in [1.807, 2.05) is 35.2 Å². The molecule has 0 saturated carbocycles. The Morgan fingerprint density at radius 2 is 1.79 bits per heavy atom. The summed E-state index contributed by atoms with van der Waals surface area (Å²) in [6, 6.07) is 0. The van der Waals surface area contributed by atoms with Gasteiger partial charge < -0.3 is 24.8 Å². The molecule has 2 N–H and O–H groups in total. The van der Waals surface area contributed by atoms with Crippen LogP contribution in [0.25, 0.3) is 0 Å². The lowest BCUT2D eigenvalue weighted by Crippen LogP contribution is -2.43. The molecule has 0 rings (SSSR count). The zero-order chi connectivity index (χ0) is 11.8. The molecule has 0 aromatic heterocycles. The predicted octanol–water partition coefficient (Wildman–Crippen LogP) is -1.97. The molecule has 0 aliphatic rings. The van der Waals surface area contributed by atoms with Gasteiger partial charge in [-0.2, -0.15) is 0 Å². The fraction of sp³-hybridized carbons (Fsp3) is 0.889. The van der Waals surface area contributed by atoms with E-state index in [1.54, 1.807) is 0 Å². The number of hydrogen-bond donors (Lipinski definition) is 2. The van der Waals surface area contributed by atoms with Crippen LogP contribution in [-0.4, -0.2) is 63.4 Å². The van der Waals surface area contributed by atoms with E-state index in [0.29, 0.717) is 11.0 Å². The van der Waals surface area contributed by atoms with Crippen LogP contribution in [0.3, 0.4) is 0 Å². The summed E-state index contributed by atoms with van der Waals surface area (Å²) in [4.78, 5) is 10.0. The lowest BCUT2D eigenvalue weighted by atomic mass is 10.2.